The fraction of sp³-hybridized carbons (Fsp3) is 0.833. The molecular formula is C12H21N3O3. The maximum atomic E-state index is 12.1. The maximum absolute atomic E-state index is 12.1. The molecule has 2 amide bonds. The summed E-state index contributed by atoms with van der Waals surface area (Å²) in [4.78, 5) is 27.2. The first kappa shape index (κ1) is 13.1. The molecule has 6 heteroatoms. The maximum Gasteiger partial charge on any atom is 0.329 e. The number of carbonyl (C=O) groups is 2. The third-order valence-corrected chi connectivity index (χ3v) is 3.97. The molecular weight excluding hydrogens is 234 g/mol. The van der Waals surface area contributed by atoms with E-state index in [2.05, 4.69) is 10.2 Å². The lowest BCUT2D eigenvalue weighted by atomic mass is 9.77. The number of likely N-dealkylation sites (N-methyl/N-ethyl adjacent to an activating group) is 1. The summed E-state index contributed by atoms with van der Waals surface area (Å²) < 4.78 is 0. The Bertz CT molecular complexity index is 341. The lowest BCUT2D eigenvalue weighted by Crippen LogP contribution is -2.61. The van der Waals surface area contributed by atoms with Crippen LogP contribution < -0.4 is 5.32 Å². The van der Waals surface area contributed by atoms with Crippen LogP contribution in [0.5, 0.6) is 0 Å². The topological polar surface area (TPSA) is 72.9 Å². The molecule has 6 nitrogen and oxygen atoms in total. The van der Waals surface area contributed by atoms with Crippen molar-refractivity contribution < 1.29 is 14.7 Å². The van der Waals surface area contributed by atoms with E-state index in [0.717, 1.165) is 25.9 Å². The first-order valence-electron chi connectivity index (χ1n) is 6.52. The zero-order valence-corrected chi connectivity index (χ0v) is 10.8. The van der Waals surface area contributed by atoms with Crippen molar-refractivity contribution >= 4 is 12.0 Å². The molecule has 1 saturated carbocycles. The summed E-state index contributed by atoms with van der Waals surface area (Å²) in [6, 6.07) is -0.229. The Morgan fingerprint density at radius 3 is 2.39 bits per heavy atom. The van der Waals surface area contributed by atoms with Crippen molar-refractivity contribution in [2.24, 2.45) is 0 Å². The minimum absolute atomic E-state index is 0.229. The number of nitrogens with one attached hydrogen (secondary N) is 1. The van der Waals surface area contributed by atoms with Gasteiger partial charge in [0.2, 0.25) is 0 Å². The second kappa shape index (κ2) is 5.14. The van der Waals surface area contributed by atoms with Crippen LogP contribution in [-0.2, 0) is 4.79 Å². The van der Waals surface area contributed by atoms with E-state index in [0.29, 0.717) is 25.9 Å². The van der Waals surface area contributed by atoms with Gasteiger partial charge in [-0.3, -0.25) is 0 Å². The molecule has 2 N–H and O–H groups in total. The summed E-state index contributed by atoms with van der Waals surface area (Å²) in [5.41, 5.74) is -1.00. The van der Waals surface area contributed by atoms with Crippen LogP contribution in [0.2, 0.25) is 0 Å². The van der Waals surface area contributed by atoms with Gasteiger partial charge < -0.3 is 20.2 Å². The number of nitrogens with zero attached hydrogens (tertiary/aromatic N) is 2. The van der Waals surface area contributed by atoms with Gasteiger partial charge in [0.1, 0.15) is 5.54 Å². The predicted molar refractivity (Wildman–Crippen MR) is 66.4 cm³/mol. The second-order valence-electron chi connectivity index (χ2n) is 5.31. The van der Waals surface area contributed by atoms with E-state index in [1.54, 1.807) is 4.90 Å². The number of carboxylic acids is 1. The minimum atomic E-state index is -1.00. The summed E-state index contributed by atoms with van der Waals surface area (Å²) >= 11 is 0. The fourth-order valence-corrected chi connectivity index (χ4v) is 2.46. The number of aliphatic carboxylic acids is 1. The molecule has 2 fully saturated rings. The van der Waals surface area contributed by atoms with Gasteiger partial charge >= 0.3 is 12.0 Å². The normalized spacial score (nSPS) is 23.9. The molecule has 1 saturated heterocycles. The van der Waals surface area contributed by atoms with Crippen LogP contribution in [0.1, 0.15) is 25.7 Å². The van der Waals surface area contributed by atoms with E-state index >= 15 is 0 Å². The van der Waals surface area contributed by atoms with Crippen LogP contribution in [0.3, 0.4) is 0 Å². The van der Waals surface area contributed by atoms with Gasteiger partial charge in [0, 0.05) is 19.6 Å². The quantitative estimate of drug-likeness (QED) is 0.746. The Morgan fingerprint density at radius 1 is 1.11 bits per heavy atom. The SMILES string of the molecule is CN1CCCN(C(=O)NC2(C(=O)O)CCC2)CC1. The van der Waals surface area contributed by atoms with Crippen LogP contribution in [0.25, 0.3) is 0 Å². The first-order valence-corrected chi connectivity index (χ1v) is 6.52. The highest BCUT2D eigenvalue weighted by atomic mass is 16.4. The summed E-state index contributed by atoms with van der Waals surface area (Å²) in [7, 11) is 2.03. The Balaban J connectivity index is 1.93. The monoisotopic (exact) mass is 255 g/mol. The molecule has 1 aliphatic carbocycles. The number of hydrogen-bond acceptors (Lipinski definition) is 3. The molecule has 0 aromatic carbocycles. The average molecular weight is 255 g/mol. The Kier molecular flexibility index (Phi) is 3.75. The zero-order valence-electron chi connectivity index (χ0n) is 10.8. The Labute approximate surface area is 107 Å². The van der Waals surface area contributed by atoms with Crippen molar-refractivity contribution in [1.29, 1.82) is 0 Å². The van der Waals surface area contributed by atoms with Gasteiger partial charge in [-0.2, -0.15) is 0 Å². The van der Waals surface area contributed by atoms with E-state index in [-0.39, 0.29) is 6.03 Å². The van der Waals surface area contributed by atoms with Crippen molar-refractivity contribution in [3.63, 3.8) is 0 Å². The lowest BCUT2D eigenvalue weighted by Gasteiger charge is -2.39. The molecule has 0 aromatic heterocycles. The van der Waals surface area contributed by atoms with Gasteiger partial charge in [0.05, 0.1) is 0 Å². The van der Waals surface area contributed by atoms with Crippen molar-refractivity contribution in [3.8, 4) is 0 Å². The summed E-state index contributed by atoms with van der Waals surface area (Å²) in [6.07, 6.45) is 2.89. The fourth-order valence-electron chi connectivity index (χ4n) is 2.46. The van der Waals surface area contributed by atoms with Crippen molar-refractivity contribution in [2.45, 2.75) is 31.2 Å². The first-order chi connectivity index (χ1) is 8.53. The molecule has 102 valence electrons. The largest absolute Gasteiger partial charge is 0.480 e. The molecule has 0 bridgehead atoms. The molecule has 0 unspecified atom stereocenters. The van der Waals surface area contributed by atoms with Crippen molar-refractivity contribution in [3.05, 3.63) is 0 Å². The number of rotatable bonds is 2. The van der Waals surface area contributed by atoms with Gasteiger partial charge in [-0.05, 0) is 39.3 Å². The zero-order chi connectivity index (χ0) is 13.2. The van der Waals surface area contributed by atoms with E-state index < -0.39 is 11.5 Å². The van der Waals surface area contributed by atoms with Crippen molar-refractivity contribution in [1.82, 2.24) is 15.1 Å². The number of amides is 2. The van der Waals surface area contributed by atoms with Gasteiger partial charge in [0.25, 0.3) is 0 Å². The number of carbonyl (C=O) groups excluding carboxylic acids is 1. The molecule has 1 aliphatic heterocycles. The van der Waals surface area contributed by atoms with Crippen LogP contribution in [0.4, 0.5) is 4.79 Å². The minimum Gasteiger partial charge on any atom is -0.480 e. The number of carboxylic acid groups (broad SMARTS) is 1. The molecule has 0 radical (unpaired) electrons. The van der Waals surface area contributed by atoms with E-state index in [9.17, 15) is 14.7 Å². The van der Waals surface area contributed by atoms with Crippen LogP contribution in [-0.4, -0.2) is 65.7 Å². The standard InChI is InChI=1S/C12H21N3O3/c1-14-6-3-7-15(9-8-14)11(18)13-12(10(16)17)4-2-5-12/h2-9H2,1H3,(H,13,18)(H,16,17). The highest BCUT2D eigenvalue weighted by molar-refractivity contribution is 5.87. The molecule has 18 heavy (non-hydrogen) atoms. The third kappa shape index (κ3) is 2.58. The molecule has 0 spiro atoms. The lowest BCUT2D eigenvalue weighted by molar-refractivity contribution is -0.148. The predicted octanol–water partition coefficient (Wildman–Crippen LogP) is 0.341. The second-order valence-corrected chi connectivity index (χ2v) is 5.31. The molecule has 0 atom stereocenters. The van der Waals surface area contributed by atoms with E-state index in [4.69, 9.17) is 0 Å². The van der Waals surface area contributed by atoms with Gasteiger partial charge in [0.15, 0.2) is 0 Å². The molecule has 2 rings (SSSR count). The van der Waals surface area contributed by atoms with Crippen LogP contribution >= 0.6 is 0 Å². The summed E-state index contributed by atoms with van der Waals surface area (Å²) in [6.45, 7) is 3.19. The Morgan fingerprint density at radius 2 is 1.83 bits per heavy atom. The molecule has 0 aromatic rings. The Hall–Kier alpha value is -1.30. The summed E-state index contributed by atoms with van der Waals surface area (Å²) in [5.74, 6) is -0.908. The smallest absolute Gasteiger partial charge is 0.329 e. The number of hydrogen-bond donors (Lipinski definition) is 2. The third-order valence-electron chi connectivity index (χ3n) is 3.97. The number of urea groups is 1. The van der Waals surface area contributed by atoms with E-state index in [1.807, 2.05) is 7.05 Å². The van der Waals surface area contributed by atoms with Crippen LogP contribution in [0.15, 0.2) is 0 Å². The highest BCUT2D eigenvalue weighted by Gasteiger charge is 2.46. The summed E-state index contributed by atoms with van der Waals surface area (Å²) in [5, 5.41) is 11.9. The average Bonchev–Trinajstić information content (AvgIpc) is 2.47. The van der Waals surface area contributed by atoms with Gasteiger partial charge in [-0.1, -0.05) is 0 Å². The van der Waals surface area contributed by atoms with Crippen molar-refractivity contribution in [2.75, 3.05) is 33.2 Å². The van der Waals surface area contributed by atoms with Crippen LogP contribution in [0, 0.1) is 0 Å². The van der Waals surface area contributed by atoms with Gasteiger partial charge in [-0.25, -0.2) is 9.59 Å². The molecule has 1 heterocycles. The highest BCUT2D eigenvalue weighted by Crippen LogP contribution is 2.32. The molecule has 2 aliphatic rings. The van der Waals surface area contributed by atoms with E-state index in [1.165, 1.54) is 0 Å². The van der Waals surface area contributed by atoms with Gasteiger partial charge in [-0.15, -0.1) is 0 Å².